The first kappa shape index (κ1) is 61.7. The van der Waals surface area contributed by atoms with Crippen molar-refractivity contribution in [3.05, 3.63) is 353 Å². The molecule has 9 aromatic carbocycles. The van der Waals surface area contributed by atoms with Crippen LogP contribution in [0.25, 0.3) is 66.1 Å². The Bertz CT molecular complexity index is 5350. The maximum Gasteiger partial charge on any atom is 0.149 e. The highest BCUT2D eigenvalue weighted by Crippen LogP contribution is 2.63. The molecule has 3 aliphatic carbocycles. The molecule has 6 heterocycles. The molecule has 3 unspecified atom stereocenters. The highest BCUT2D eigenvalue weighted by atomic mass is 32.1. The summed E-state index contributed by atoms with van der Waals surface area (Å²) in [5, 5.41) is 6.63. The summed E-state index contributed by atoms with van der Waals surface area (Å²) in [6.45, 7) is 9.00. The Balaban J connectivity index is 0.873. The van der Waals surface area contributed by atoms with Gasteiger partial charge in [-0.1, -0.05) is 163 Å². The average Bonchev–Trinajstić information content (AvgIpc) is 1.55. The summed E-state index contributed by atoms with van der Waals surface area (Å²) in [7, 11) is 0. The van der Waals surface area contributed by atoms with Gasteiger partial charge in [-0.2, -0.15) is 0 Å². The van der Waals surface area contributed by atoms with Crippen molar-refractivity contribution in [2.45, 2.75) is 49.4 Å². The highest BCUT2D eigenvalue weighted by Gasteiger charge is 2.53. The molecule has 0 spiro atoms. The Kier molecular flexibility index (Phi) is 15.1. The van der Waals surface area contributed by atoms with E-state index in [9.17, 15) is 0 Å². The van der Waals surface area contributed by atoms with E-state index in [2.05, 4.69) is 297 Å². The van der Waals surface area contributed by atoms with Crippen LogP contribution in [0.1, 0.15) is 107 Å². The van der Waals surface area contributed by atoms with Crippen molar-refractivity contribution in [3.63, 3.8) is 0 Å². The summed E-state index contributed by atoms with van der Waals surface area (Å²) in [6.07, 6.45) is 5.81. The van der Waals surface area contributed by atoms with Crippen LogP contribution < -0.4 is 14.2 Å². The topological polar surface area (TPSA) is 66.4 Å². The van der Waals surface area contributed by atoms with Crippen molar-refractivity contribution < 1.29 is 14.2 Å². The number of hydrogen-bond donors (Lipinski definition) is 0. The lowest BCUT2D eigenvalue weighted by atomic mass is 9.71. The lowest BCUT2D eigenvalue weighted by Gasteiger charge is -2.34. The van der Waals surface area contributed by atoms with Gasteiger partial charge in [-0.05, 0) is 219 Å². The van der Waals surface area contributed by atoms with E-state index in [1.807, 2.05) is 73.4 Å². The third-order valence-corrected chi connectivity index (χ3v) is 25.3. The fourth-order valence-corrected chi connectivity index (χ4v) is 20.9. The van der Waals surface area contributed by atoms with Gasteiger partial charge in [0.25, 0.3) is 0 Å². The van der Waals surface area contributed by atoms with Gasteiger partial charge < -0.3 is 14.2 Å². The second kappa shape index (κ2) is 24.7. The molecule has 9 heteroatoms. The minimum atomic E-state index is -0.744. The number of thiophene rings is 3. The molecule has 6 aromatic heterocycles. The van der Waals surface area contributed by atoms with Gasteiger partial charge >= 0.3 is 0 Å². The van der Waals surface area contributed by atoms with E-state index >= 15 is 0 Å². The van der Waals surface area contributed by atoms with Crippen LogP contribution in [0, 0.1) is 35.5 Å². The lowest BCUT2D eigenvalue weighted by molar-refractivity contribution is 0.370. The Labute approximate surface area is 599 Å². The first-order chi connectivity index (χ1) is 49.8. The maximum absolute atomic E-state index is 6.12. The van der Waals surface area contributed by atoms with Gasteiger partial charge in [0.1, 0.15) is 37.1 Å². The molecule has 0 radical (unpaired) electrons. The standard InChI is InChI=1S/C92H63N3O3S3/c1-5-8-50-96-68-38-32-59-53-65(35-29-62(59)56-68)90(74-23-14-11-20-71(74)86-77(90)26-17-47-93-86)83-44-41-80(99-83)89(4,81-42-45-84(100-81)91(75-24-15-12-21-72(75)87-78(91)27-18-48-94-87)66-36-30-63-57-69(97-51-9-6-2)39-33-60(63)54-66)82-43-46-85(101-82)92(76-25-16-13-22-73(76)88-79(92)28-19-49-95-88)67-37-31-64-58-70(98-52-10-7-3)40-34-61(64)55-67/h11-49,53-58H,50-52H2,1-4H3. The molecule has 18 rings (SSSR count). The molecule has 0 N–H and O–H groups in total. The SMILES string of the molecule is CC#CCOc1ccc2cc(C3(c4ccc(C(C)(c5ccc(C6(c7ccc8cc(OCC#CC)ccc8c7)c7ccccc7-c7ncccc76)s5)c5ccc(C6(c7ccc8cc(OCC#CC)ccc8c7)c7ccccc7-c7ncccc76)s5)s4)c4ccccc4-c4ncccc43)ccc2c1. The zero-order valence-electron chi connectivity index (χ0n) is 55.9. The second-order valence-electron chi connectivity index (χ2n) is 26.0. The largest absolute Gasteiger partial charge is 0.481 e. The van der Waals surface area contributed by atoms with Gasteiger partial charge in [0, 0.05) is 64.5 Å². The Morgan fingerprint density at radius 2 is 0.604 bits per heavy atom. The molecule has 0 aliphatic heterocycles. The molecule has 101 heavy (non-hydrogen) atoms. The van der Waals surface area contributed by atoms with E-state index in [4.69, 9.17) is 29.2 Å². The first-order valence-corrected chi connectivity index (χ1v) is 36.4. The van der Waals surface area contributed by atoms with Gasteiger partial charge in [-0.15, -0.1) is 51.8 Å². The molecule has 0 fully saturated rings. The van der Waals surface area contributed by atoms with Gasteiger partial charge in [0.05, 0.1) is 38.7 Å². The quantitative estimate of drug-likeness (QED) is 0.0953. The van der Waals surface area contributed by atoms with Crippen LogP contribution in [0.2, 0.25) is 0 Å². The third kappa shape index (κ3) is 9.44. The zero-order chi connectivity index (χ0) is 67.9. The van der Waals surface area contributed by atoms with E-state index < -0.39 is 21.7 Å². The summed E-state index contributed by atoms with van der Waals surface area (Å²) < 4.78 is 18.4. The molecule has 482 valence electrons. The number of pyridine rings is 3. The number of hydrogen-bond acceptors (Lipinski definition) is 9. The van der Waals surface area contributed by atoms with Crippen LogP contribution >= 0.6 is 34.0 Å². The minimum absolute atomic E-state index is 0.333. The molecule has 0 saturated heterocycles. The summed E-state index contributed by atoms with van der Waals surface area (Å²) in [6, 6.07) is 94.6. The Morgan fingerprint density at radius 3 is 0.921 bits per heavy atom. The van der Waals surface area contributed by atoms with Gasteiger partial charge in [-0.3, -0.25) is 15.0 Å². The van der Waals surface area contributed by atoms with E-state index in [0.717, 1.165) is 100 Å². The number of aromatic nitrogens is 3. The zero-order valence-corrected chi connectivity index (χ0v) is 58.3. The van der Waals surface area contributed by atoms with Crippen molar-refractivity contribution in [3.8, 4) is 86.5 Å². The average molecular weight is 1350 g/mol. The molecule has 3 atom stereocenters. The molecule has 15 aromatic rings. The fraction of sp³-hybridized carbons (Fsp3) is 0.120. The lowest BCUT2D eigenvalue weighted by Crippen LogP contribution is -2.28. The number of rotatable bonds is 15. The van der Waals surface area contributed by atoms with Crippen LogP contribution in [0.5, 0.6) is 17.2 Å². The summed E-state index contributed by atoms with van der Waals surface area (Å²) >= 11 is 5.73. The van der Waals surface area contributed by atoms with E-state index in [-0.39, 0.29) is 0 Å². The van der Waals surface area contributed by atoms with Gasteiger partial charge in [0.15, 0.2) is 0 Å². The number of fused-ring (bicyclic) bond motifs is 12. The van der Waals surface area contributed by atoms with E-state index in [0.29, 0.717) is 19.8 Å². The normalized spacial score (nSPS) is 17.0. The molecule has 0 bridgehead atoms. The number of nitrogens with zero attached hydrogens (tertiary/aromatic N) is 3. The third-order valence-electron chi connectivity index (χ3n) is 21.0. The van der Waals surface area contributed by atoms with Crippen LogP contribution in [0.4, 0.5) is 0 Å². The number of ether oxygens (including phenoxy) is 3. The predicted octanol–water partition coefficient (Wildman–Crippen LogP) is 21.2. The minimum Gasteiger partial charge on any atom is -0.481 e. The molecule has 6 nitrogen and oxygen atoms in total. The van der Waals surface area contributed by atoms with Crippen LogP contribution in [-0.2, 0) is 21.7 Å². The highest BCUT2D eigenvalue weighted by molar-refractivity contribution is 7.16. The van der Waals surface area contributed by atoms with Crippen molar-refractivity contribution in [2.24, 2.45) is 0 Å². The summed E-state index contributed by atoms with van der Waals surface area (Å²) in [5.41, 5.74) is 14.0. The van der Waals surface area contributed by atoms with Crippen molar-refractivity contribution >= 4 is 66.3 Å². The van der Waals surface area contributed by atoms with Crippen molar-refractivity contribution in [2.75, 3.05) is 19.8 Å². The smallest absolute Gasteiger partial charge is 0.149 e. The van der Waals surface area contributed by atoms with Crippen LogP contribution in [0.3, 0.4) is 0 Å². The van der Waals surface area contributed by atoms with Crippen molar-refractivity contribution in [1.82, 2.24) is 15.0 Å². The van der Waals surface area contributed by atoms with Crippen LogP contribution in [0.15, 0.2) is 273 Å². The monoisotopic (exact) mass is 1350 g/mol. The Morgan fingerprint density at radius 1 is 0.317 bits per heavy atom. The summed E-state index contributed by atoms with van der Waals surface area (Å²) in [4.78, 5) is 23.0. The molecule has 3 aliphatic rings. The van der Waals surface area contributed by atoms with E-state index in [1.165, 1.54) is 62.6 Å². The molecular weight excluding hydrogens is 1290 g/mol. The molecule has 0 amide bonds. The molecular formula is C92H63N3O3S3. The number of benzene rings is 9. The first-order valence-electron chi connectivity index (χ1n) is 34.0. The van der Waals surface area contributed by atoms with Gasteiger partial charge in [-0.25, -0.2) is 0 Å². The second-order valence-corrected chi connectivity index (χ2v) is 29.3. The van der Waals surface area contributed by atoms with Gasteiger partial charge in [0.2, 0.25) is 0 Å². The van der Waals surface area contributed by atoms with Crippen LogP contribution in [-0.4, -0.2) is 34.8 Å². The Hall–Kier alpha value is -11.6. The predicted molar refractivity (Wildman–Crippen MR) is 413 cm³/mol. The maximum atomic E-state index is 6.12. The van der Waals surface area contributed by atoms with Crippen molar-refractivity contribution in [1.29, 1.82) is 0 Å². The van der Waals surface area contributed by atoms with E-state index in [1.54, 1.807) is 0 Å². The fourth-order valence-electron chi connectivity index (χ4n) is 16.4. The summed E-state index contributed by atoms with van der Waals surface area (Å²) in [5.74, 6) is 20.4. The molecule has 0 saturated carbocycles.